The Balaban J connectivity index is 3.27. The lowest BCUT2D eigenvalue weighted by atomic mass is 10.4. The minimum atomic E-state index is -3.70. The number of nitrogens with zero attached hydrogens (tertiary/aromatic N) is 2. The van der Waals surface area contributed by atoms with E-state index in [1.165, 1.54) is 10.9 Å². The van der Waals surface area contributed by atoms with Gasteiger partial charge in [-0.25, -0.2) is 8.42 Å². The smallest absolute Gasteiger partial charge is 0.265 e. The first-order valence-corrected chi connectivity index (χ1v) is 6.62. The molecule has 0 aliphatic carbocycles. The Bertz CT molecular complexity index is 412. The summed E-state index contributed by atoms with van der Waals surface area (Å²) in [4.78, 5) is 0.00265. The van der Waals surface area contributed by atoms with Crippen LogP contribution in [0.15, 0.2) is 15.7 Å². The lowest BCUT2D eigenvalue weighted by Crippen LogP contribution is -2.00. The van der Waals surface area contributed by atoms with Crippen LogP contribution >= 0.6 is 26.6 Å². The zero-order chi connectivity index (χ0) is 10.2. The molecule has 0 radical (unpaired) electrons. The Labute approximate surface area is 89.4 Å². The molecule has 0 saturated heterocycles. The third-order valence-electron chi connectivity index (χ3n) is 1.45. The van der Waals surface area contributed by atoms with Crippen molar-refractivity contribution in [1.82, 2.24) is 9.78 Å². The number of rotatable bonds is 2. The Morgan fingerprint density at radius 1 is 1.62 bits per heavy atom. The van der Waals surface area contributed by atoms with E-state index in [0.717, 1.165) is 0 Å². The molecule has 0 amide bonds. The van der Waals surface area contributed by atoms with E-state index in [9.17, 15) is 8.42 Å². The van der Waals surface area contributed by atoms with Gasteiger partial charge < -0.3 is 0 Å². The average Bonchev–Trinajstić information content (AvgIpc) is 2.29. The van der Waals surface area contributed by atoms with Crippen molar-refractivity contribution in [2.45, 2.75) is 24.8 Å². The van der Waals surface area contributed by atoms with Gasteiger partial charge in [0.1, 0.15) is 9.50 Å². The molecule has 0 spiro atoms. The Kier molecular flexibility index (Phi) is 3.04. The Morgan fingerprint density at radius 2 is 2.15 bits per heavy atom. The van der Waals surface area contributed by atoms with E-state index in [1.807, 2.05) is 13.8 Å². The van der Waals surface area contributed by atoms with Gasteiger partial charge in [0.2, 0.25) is 0 Å². The standard InChI is InChI=1S/C6H8BrClN2O2S/c1-4(2)10-3-5(6(7)9-10)13(8,11)12/h3-4H,1-2H3. The van der Waals surface area contributed by atoms with Crippen LogP contribution in [0.1, 0.15) is 19.9 Å². The van der Waals surface area contributed by atoms with Gasteiger partial charge in [0.05, 0.1) is 0 Å². The van der Waals surface area contributed by atoms with Crippen molar-refractivity contribution in [2.24, 2.45) is 0 Å². The molecule has 0 aromatic carbocycles. The Morgan fingerprint density at radius 3 is 2.38 bits per heavy atom. The number of hydrogen-bond donors (Lipinski definition) is 0. The van der Waals surface area contributed by atoms with Gasteiger partial charge in [0.25, 0.3) is 9.05 Å². The highest BCUT2D eigenvalue weighted by atomic mass is 79.9. The second-order valence-electron chi connectivity index (χ2n) is 2.80. The maximum atomic E-state index is 11.0. The largest absolute Gasteiger partial charge is 0.268 e. The first-order valence-electron chi connectivity index (χ1n) is 3.51. The topological polar surface area (TPSA) is 52.0 Å². The summed E-state index contributed by atoms with van der Waals surface area (Å²) in [6.07, 6.45) is 1.40. The summed E-state index contributed by atoms with van der Waals surface area (Å²) in [5.41, 5.74) is 0. The molecule has 1 aromatic rings. The molecule has 1 aromatic heterocycles. The van der Waals surface area contributed by atoms with Gasteiger partial charge >= 0.3 is 0 Å². The van der Waals surface area contributed by atoms with Crippen LogP contribution in [0.3, 0.4) is 0 Å². The molecule has 1 heterocycles. The van der Waals surface area contributed by atoms with Gasteiger partial charge in [0.15, 0.2) is 0 Å². The van der Waals surface area contributed by atoms with Crippen molar-refractivity contribution in [3.63, 3.8) is 0 Å². The van der Waals surface area contributed by atoms with Gasteiger partial charge in [-0.15, -0.1) is 0 Å². The third-order valence-corrected chi connectivity index (χ3v) is 3.62. The van der Waals surface area contributed by atoms with Crippen LogP contribution in [0.25, 0.3) is 0 Å². The monoisotopic (exact) mass is 286 g/mol. The summed E-state index contributed by atoms with van der Waals surface area (Å²) in [5, 5.41) is 3.95. The average molecular weight is 288 g/mol. The fraction of sp³-hybridized carbons (Fsp3) is 0.500. The second-order valence-corrected chi connectivity index (χ2v) is 6.08. The molecular formula is C6H8BrClN2O2S. The van der Waals surface area contributed by atoms with Crippen LogP contribution in [0.2, 0.25) is 0 Å². The number of hydrogen-bond acceptors (Lipinski definition) is 3. The van der Waals surface area contributed by atoms with Crippen molar-refractivity contribution in [1.29, 1.82) is 0 Å². The highest BCUT2D eigenvalue weighted by Crippen LogP contribution is 2.24. The molecule has 1 rings (SSSR count). The first kappa shape index (κ1) is 11.0. The van der Waals surface area contributed by atoms with Crippen LogP contribution in [0.4, 0.5) is 0 Å². The molecule has 4 nitrogen and oxygen atoms in total. The van der Waals surface area contributed by atoms with Crippen molar-refractivity contribution in [3.8, 4) is 0 Å². The normalized spacial score (nSPS) is 12.4. The zero-order valence-corrected chi connectivity index (χ0v) is 10.2. The molecule has 0 saturated carbocycles. The predicted molar refractivity (Wildman–Crippen MR) is 53.4 cm³/mol. The summed E-state index contributed by atoms with van der Waals surface area (Å²) in [7, 11) is 1.47. The van der Waals surface area contributed by atoms with Gasteiger partial charge in [-0.05, 0) is 29.8 Å². The zero-order valence-electron chi connectivity index (χ0n) is 7.03. The maximum Gasteiger partial charge on any atom is 0.265 e. The van der Waals surface area contributed by atoms with E-state index in [-0.39, 0.29) is 15.5 Å². The molecule has 13 heavy (non-hydrogen) atoms. The fourth-order valence-corrected chi connectivity index (χ4v) is 2.80. The SMILES string of the molecule is CC(C)n1cc(S(=O)(=O)Cl)c(Br)n1. The quantitative estimate of drug-likeness (QED) is 0.783. The van der Waals surface area contributed by atoms with Crippen LogP contribution in [-0.2, 0) is 9.05 Å². The van der Waals surface area contributed by atoms with E-state index in [1.54, 1.807) is 0 Å². The van der Waals surface area contributed by atoms with Crippen LogP contribution < -0.4 is 0 Å². The molecule has 74 valence electrons. The van der Waals surface area contributed by atoms with Crippen LogP contribution in [0.5, 0.6) is 0 Å². The highest BCUT2D eigenvalue weighted by molar-refractivity contribution is 9.10. The molecule has 0 N–H and O–H groups in total. The fourth-order valence-electron chi connectivity index (χ4n) is 0.781. The van der Waals surface area contributed by atoms with E-state index in [2.05, 4.69) is 21.0 Å². The van der Waals surface area contributed by atoms with Gasteiger partial charge in [0, 0.05) is 22.9 Å². The highest BCUT2D eigenvalue weighted by Gasteiger charge is 2.19. The van der Waals surface area contributed by atoms with Gasteiger partial charge in [-0.2, -0.15) is 5.10 Å². The molecular weight excluding hydrogens is 280 g/mol. The lowest BCUT2D eigenvalue weighted by molar-refractivity contribution is 0.529. The molecule has 0 aliphatic heterocycles. The van der Waals surface area contributed by atoms with E-state index >= 15 is 0 Å². The van der Waals surface area contributed by atoms with E-state index in [0.29, 0.717) is 0 Å². The third kappa shape index (κ3) is 2.45. The molecule has 0 unspecified atom stereocenters. The van der Waals surface area contributed by atoms with Crippen molar-refractivity contribution in [2.75, 3.05) is 0 Å². The summed E-state index contributed by atoms with van der Waals surface area (Å²) in [6.45, 7) is 3.79. The predicted octanol–water partition coefficient (Wildman–Crippen LogP) is 2.15. The maximum absolute atomic E-state index is 11.0. The minimum absolute atomic E-state index is 0.00265. The molecule has 7 heteroatoms. The molecule has 0 fully saturated rings. The summed E-state index contributed by atoms with van der Waals surface area (Å²) < 4.78 is 23.7. The lowest BCUT2D eigenvalue weighted by Gasteiger charge is -2.02. The Hall–Kier alpha value is -0.0700. The summed E-state index contributed by atoms with van der Waals surface area (Å²) in [6, 6.07) is 0.100. The van der Waals surface area contributed by atoms with Crippen LogP contribution in [-0.4, -0.2) is 18.2 Å². The molecule has 0 aliphatic rings. The van der Waals surface area contributed by atoms with Crippen molar-refractivity contribution < 1.29 is 8.42 Å². The van der Waals surface area contributed by atoms with E-state index in [4.69, 9.17) is 10.7 Å². The number of halogens is 2. The summed E-state index contributed by atoms with van der Waals surface area (Å²) in [5.74, 6) is 0. The van der Waals surface area contributed by atoms with E-state index < -0.39 is 9.05 Å². The van der Waals surface area contributed by atoms with Gasteiger partial charge in [-0.3, -0.25) is 4.68 Å². The van der Waals surface area contributed by atoms with Crippen molar-refractivity contribution >= 4 is 35.7 Å². The second kappa shape index (κ2) is 3.59. The van der Waals surface area contributed by atoms with Crippen molar-refractivity contribution in [3.05, 3.63) is 10.8 Å². The van der Waals surface area contributed by atoms with Gasteiger partial charge in [-0.1, -0.05) is 0 Å². The summed E-state index contributed by atoms with van der Waals surface area (Å²) >= 11 is 3.03. The first-order chi connectivity index (χ1) is 5.82. The number of aromatic nitrogens is 2. The minimum Gasteiger partial charge on any atom is -0.268 e. The molecule has 0 bridgehead atoms. The molecule has 0 atom stereocenters. The van der Waals surface area contributed by atoms with Crippen LogP contribution in [0, 0.1) is 0 Å².